The van der Waals surface area contributed by atoms with Crippen LogP contribution in [0.4, 0.5) is 0 Å². The van der Waals surface area contributed by atoms with Crippen LogP contribution in [0, 0.1) is 11.8 Å². The van der Waals surface area contributed by atoms with E-state index in [0.29, 0.717) is 0 Å². The summed E-state index contributed by atoms with van der Waals surface area (Å²) in [5.74, 6) is 1.73. The summed E-state index contributed by atoms with van der Waals surface area (Å²) in [4.78, 5) is 11.0. The van der Waals surface area contributed by atoms with Gasteiger partial charge in [0.25, 0.3) is 0 Å². The summed E-state index contributed by atoms with van der Waals surface area (Å²) in [6.07, 6.45) is 3.85. The molecule has 0 aliphatic carbocycles. The van der Waals surface area contributed by atoms with Crippen LogP contribution in [0.25, 0.3) is 0 Å². The number of fused-ring (bicyclic) bond motifs is 1. The Hall–Kier alpha value is -1.23. The van der Waals surface area contributed by atoms with Gasteiger partial charge in [0.15, 0.2) is 0 Å². The highest BCUT2D eigenvalue weighted by Crippen LogP contribution is 2.32. The van der Waals surface area contributed by atoms with Gasteiger partial charge in [0, 0.05) is 56.5 Å². The lowest BCUT2D eigenvalue weighted by molar-refractivity contribution is 0.247. The van der Waals surface area contributed by atoms with Crippen molar-refractivity contribution in [2.75, 3.05) is 26.2 Å². The SMILES string of the molecule is c1cncc(CN2C[C@@H]3CN(Cc4cccs4)C[C@H]3C2)c1. The van der Waals surface area contributed by atoms with Crippen LogP contribution in [-0.2, 0) is 13.1 Å². The van der Waals surface area contributed by atoms with Crippen molar-refractivity contribution < 1.29 is 0 Å². The summed E-state index contributed by atoms with van der Waals surface area (Å²) in [7, 11) is 0. The summed E-state index contributed by atoms with van der Waals surface area (Å²) in [6, 6.07) is 8.64. The zero-order chi connectivity index (χ0) is 14.1. The molecule has 4 rings (SSSR count). The Labute approximate surface area is 130 Å². The molecular weight excluding hydrogens is 278 g/mol. The second-order valence-electron chi connectivity index (χ2n) is 6.35. The number of aromatic nitrogens is 1. The molecule has 2 aromatic rings. The first kappa shape index (κ1) is 13.4. The molecule has 0 radical (unpaired) electrons. The van der Waals surface area contributed by atoms with E-state index < -0.39 is 0 Å². The Morgan fingerprint density at radius 2 is 1.76 bits per heavy atom. The summed E-state index contributed by atoms with van der Waals surface area (Å²) in [5, 5.41) is 2.18. The lowest BCUT2D eigenvalue weighted by Crippen LogP contribution is -2.28. The third kappa shape index (κ3) is 3.03. The molecule has 0 amide bonds. The molecule has 2 atom stereocenters. The van der Waals surface area contributed by atoms with Gasteiger partial charge >= 0.3 is 0 Å². The average Bonchev–Trinajstić information content (AvgIpc) is 3.17. The van der Waals surface area contributed by atoms with Crippen molar-refractivity contribution >= 4 is 11.3 Å². The molecule has 2 aliphatic heterocycles. The average molecular weight is 299 g/mol. The standard InChI is InChI=1S/C17H21N3S/c1-3-14(7-18-5-1)8-19-9-15-11-20(12-16(15)10-19)13-17-4-2-6-21-17/h1-7,15-16H,8-13H2/t15-,16-/m1/s1. The van der Waals surface area contributed by atoms with E-state index in [-0.39, 0.29) is 0 Å². The molecule has 2 saturated heterocycles. The third-order valence-electron chi connectivity index (χ3n) is 4.73. The molecule has 2 fully saturated rings. The second kappa shape index (κ2) is 5.87. The van der Waals surface area contributed by atoms with E-state index in [2.05, 4.69) is 38.4 Å². The molecule has 3 nitrogen and oxygen atoms in total. The van der Waals surface area contributed by atoms with Gasteiger partial charge in [0.2, 0.25) is 0 Å². The van der Waals surface area contributed by atoms with Crippen molar-refractivity contribution in [2.45, 2.75) is 13.1 Å². The first-order chi connectivity index (χ1) is 10.4. The van der Waals surface area contributed by atoms with Gasteiger partial charge in [-0.15, -0.1) is 11.3 Å². The lowest BCUT2D eigenvalue weighted by Gasteiger charge is -2.20. The number of nitrogens with zero attached hydrogens (tertiary/aromatic N) is 3. The Bertz CT molecular complexity index is 555. The molecule has 4 heteroatoms. The predicted molar refractivity (Wildman–Crippen MR) is 86.1 cm³/mol. The van der Waals surface area contributed by atoms with Gasteiger partial charge < -0.3 is 0 Å². The van der Waals surface area contributed by atoms with E-state index in [9.17, 15) is 0 Å². The Balaban J connectivity index is 1.31. The minimum atomic E-state index is 0.863. The van der Waals surface area contributed by atoms with E-state index in [0.717, 1.165) is 24.9 Å². The van der Waals surface area contributed by atoms with Crippen LogP contribution in [0.15, 0.2) is 42.0 Å². The van der Waals surface area contributed by atoms with E-state index >= 15 is 0 Å². The largest absolute Gasteiger partial charge is 0.298 e. The maximum absolute atomic E-state index is 4.22. The fourth-order valence-corrected chi connectivity index (χ4v) is 4.56. The normalized spacial score (nSPS) is 26.3. The summed E-state index contributed by atoms with van der Waals surface area (Å²) in [6.45, 7) is 7.25. The molecule has 2 aromatic heterocycles. The van der Waals surface area contributed by atoms with Crippen molar-refractivity contribution in [2.24, 2.45) is 11.8 Å². The highest BCUT2D eigenvalue weighted by atomic mass is 32.1. The van der Waals surface area contributed by atoms with E-state index in [1.54, 1.807) is 0 Å². The summed E-state index contributed by atoms with van der Waals surface area (Å²) in [5.41, 5.74) is 1.34. The topological polar surface area (TPSA) is 19.4 Å². The van der Waals surface area contributed by atoms with Crippen LogP contribution in [0.1, 0.15) is 10.4 Å². The number of likely N-dealkylation sites (tertiary alicyclic amines) is 2. The van der Waals surface area contributed by atoms with Crippen molar-refractivity contribution in [1.82, 2.24) is 14.8 Å². The predicted octanol–water partition coefficient (Wildman–Crippen LogP) is 2.71. The fourth-order valence-electron chi connectivity index (χ4n) is 3.82. The number of thiophene rings is 1. The summed E-state index contributed by atoms with van der Waals surface area (Å²) >= 11 is 1.88. The van der Waals surface area contributed by atoms with Gasteiger partial charge in [-0.3, -0.25) is 14.8 Å². The number of hydrogen-bond acceptors (Lipinski definition) is 4. The minimum absolute atomic E-state index is 0.863. The quantitative estimate of drug-likeness (QED) is 0.865. The summed E-state index contributed by atoms with van der Waals surface area (Å²) < 4.78 is 0. The maximum atomic E-state index is 4.22. The second-order valence-corrected chi connectivity index (χ2v) is 7.38. The zero-order valence-electron chi connectivity index (χ0n) is 12.2. The Morgan fingerprint density at radius 3 is 2.38 bits per heavy atom. The van der Waals surface area contributed by atoms with Crippen LogP contribution in [0.5, 0.6) is 0 Å². The molecule has 0 saturated carbocycles. The first-order valence-corrected chi connectivity index (χ1v) is 8.61. The van der Waals surface area contributed by atoms with Gasteiger partial charge in [-0.25, -0.2) is 0 Å². The van der Waals surface area contributed by atoms with Crippen LogP contribution in [0.3, 0.4) is 0 Å². The highest BCUT2D eigenvalue weighted by molar-refractivity contribution is 7.09. The van der Waals surface area contributed by atoms with Crippen molar-refractivity contribution in [1.29, 1.82) is 0 Å². The first-order valence-electron chi connectivity index (χ1n) is 7.73. The van der Waals surface area contributed by atoms with Gasteiger partial charge in [-0.1, -0.05) is 12.1 Å². The van der Waals surface area contributed by atoms with E-state index in [4.69, 9.17) is 0 Å². The number of pyridine rings is 1. The highest BCUT2D eigenvalue weighted by Gasteiger charge is 2.39. The third-order valence-corrected chi connectivity index (χ3v) is 5.59. The van der Waals surface area contributed by atoms with Gasteiger partial charge in [0.05, 0.1) is 0 Å². The van der Waals surface area contributed by atoms with E-state index in [1.807, 2.05) is 29.8 Å². The van der Waals surface area contributed by atoms with Gasteiger partial charge in [-0.05, 0) is 34.9 Å². The Kier molecular flexibility index (Phi) is 3.76. The molecular formula is C17H21N3S. The fraction of sp³-hybridized carbons (Fsp3) is 0.471. The monoisotopic (exact) mass is 299 g/mol. The molecule has 21 heavy (non-hydrogen) atoms. The molecule has 4 heterocycles. The van der Waals surface area contributed by atoms with Crippen LogP contribution >= 0.6 is 11.3 Å². The number of hydrogen-bond donors (Lipinski definition) is 0. The maximum Gasteiger partial charge on any atom is 0.0328 e. The number of rotatable bonds is 4. The molecule has 0 unspecified atom stereocenters. The Morgan fingerprint density at radius 1 is 1.00 bits per heavy atom. The van der Waals surface area contributed by atoms with Crippen LogP contribution in [-0.4, -0.2) is 41.0 Å². The zero-order valence-corrected chi connectivity index (χ0v) is 13.0. The van der Waals surface area contributed by atoms with Crippen LogP contribution < -0.4 is 0 Å². The van der Waals surface area contributed by atoms with E-state index in [1.165, 1.54) is 36.6 Å². The van der Waals surface area contributed by atoms with Crippen LogP contribution in [0.2, 0.25) is 0 Å². The molecule has 0 N–H and O–H groups in total. The molecule has 0 spiro atoms. The molecule has 110 valence electrons. The van der Waals surface area contributed by atoms with Crippen molar-refractivity contribution in [3.63, 3.8) is 0 Å². The molecule has 0 aromatic carbocycles. The van der Waals surface area contributed by atoms with Gasteiger partial charge in [0.1, 0.15) is 0 Å². The lowest BCUT2D eigenvalue weighted by atomic mass is 10.0. The smallest absolute Gasteiger partial charge is 0.0328 e. The van der Waals surface area contributed by atoms with Gasteiger partial charge in [-0.2, -0.15) is 0 Å². The molecule has 0 bridgehead atoms. The minimum Gasteiger partial charge on any atom is -0.298 e. The molecule has 2 aliphatic rings. The van der Waals surface area contributed by atoms with Crippen molar-refractivity contribution in [3.8, 4) is 0 Å². The van der Waals surface area contributed by atoms with Crippen molar-refractivity contribution in [3.05, 3.63) is 52.5 Å².